The molecule has 3 aromatic rings. The molecule has 9 nitrogen and oxygen atoms in total. The lowest BCUT2D eigenvalue weighted by Crippen LogP contribution is -2.34. The Kier molecular flexibility index (Phi) is 8.51. The van der Waals surface area contributed by atoms with E-state index in [1.54, 1.807) is 39.0 Å². The zero-order valence-electron chi connectivity index (χ0n) is 23.5. The number of aliphatic hydroxyl groups excluding tert-OH is 1. The Morgan fingerprint density at radius 2 is 1.88 bits per heavy atom. The first-order chi connectivity index (χ1) is 18.7. The summed E-state index contributed by atoms with van der Waals surface area (Å²) in [5.74, 6) is -0.926. The van der Waals surface area contributed by atoms with E-state index in [2.05, 4.69) is 10.0 Å². The van der Waals surface area contributed by atoms with Crippen LogP contribution in [0.15, 0.2) is 46.2 Å². The van der Waals surface area contributed by atoms with Crippen molar-refractivity contribution in [1.29, 1.82) is 0 Å². The summed E-state index contributed by atoms with van der Waals surface area (Å²) in [6, 6.07) is 7.61. The van der Waals surface area contributed by atoms with E-state index in [0.717, 1.165) is 12.8 Å². The van der Waals surface area contributed by atoms with Crippen molar-refractivity contribution in [2.45, 2.75) is 51.1 Å². The molecule has 1 fully saturated rings. The Labute approximate surface area is 234 Å². The number of amides is 1. The SMILES string of the molecule is Cc1c(F)cc(C(=O)NC2CC2)cc1-c1ccc2c(=O)n(CC(C)(C)CO)cc(S(=O)(=O)NCCN(C)C)c2c1. The van der Waals surface area contributed by atoms with E-state index >= 15 is 0 Å². The van der Waals surface area contributed by atoms with Crippen molar-refractivity contribution in [1.82, 2.24) is 19.5 Å². The number of benzene rings is 2. The minimum Gasteiger partial charge on any atom is -0.396 e. The maximum absolute atomic E-state index is 15.0. The van der Waals surface area contributed by atoms with Gasteiger partial charge in [0.1, 0.15) is 10.7 Å². The second kappa shape index (κ2) is 11.4. The molecule has 0 aliphatic heterocycles. The maximum atomic E-state index is 15.0. The quantitative estimate of drug-likeness (QED) is 0.325. The van der Waals surface area contributed by atoms with Gasteiger partial charge in [0.2, 0.25) is 10.0 Å². The highest BCUT2D eigenvalue weighted by molar-refractivity contribution is 7.89. The molecule has 4 rings (SSSR count). The highest BCUT2D eigenvalue weighted by Gasteiger charge is 2.26. The van der Waals surface area contributed by atoms with Gasteiger partial charge in [-0.1, -0.05) is 19.9 Å². The van der Waals surface area contributed by atoms with Crippen LogP contribution in [0.25, 0.3) is 21.9 Å². The van der Waals surface area contributed by atoms with Gasteiger partial charge in [-0.15, -0.1) is 0 Å². The average molecular weight is 573 g/mol. The number of pyridine rings is 1. The Morgan fingerprint density at radius 3 is 2.50 bits per heavy atom. The molecule has 1 saturated carbocycles. The van der Waals surface area contributed by atoms with Crippen molar-refractivity contribution in [3.8, 4) is 11.1 Å². The van der Waals surface area contributed by atoms with Gasteiger partial charge in [0.05, 0.1) is 0 Å². The number of halogens is 1. The molecule has 1 amide bonds. The molecule has 0 spiro atoms. The second-order valence-corrected chi connectivity index (χ2v) is 13.3. The largest absolute Gasteiger partial charge is 0.396 e. The van der Waals surface area contributed by atoms with Crippen LogP contribution in [0.2, 0.25) is 0 Å². The van der Waals surface area contributed by atoms with Gasteiger partial charge in [-0.05, 0) is 74.8 Å². The molecule has 0 unspecified atom stereocenters. The summed E-state index contributed by atoms with van der Waals surface area (Å²) in [5.41, 5.74) is 0.293. The van der Waals surface area contributed by atoms with Gasteiger partial charge in [-0.3, -0.25) is 9.59 Å². The van der Waals surface area contributed by atoms with Crippen LogP contribution in [0.3, 0.4) is 0 Å². The third-order valence-corrected chi connectivity index (χ3v) is 8.54. The summed E-state index contributed by atoms with van der Waals surface area (Å²) in [5, 5.41) is 13.0. The van der Waals surface area contributed by atoms with Crippen LogP contribution in [0.4, 0.5) is 4.39 Å². The topological polar surface area (TPSA) is 121 Å². The molecule has 1 heterocycles. The van der Waals surface area contributed by atoms with Crippen molar-refractivity contribution >= 4 is 26.7 Å². The fourth-order valence-corrected chi connectivity index (χ4v) is 5.70. The number of hydrogen-bond donors (Lipinski definition) is 3. The number of hydrogen-bond acceptors (Lipinski definition) is 6. The summed E-state index contributed by atoms with van der Waals surface area (Å²) in [6.07, 6.45) is 3.09. The van der Waals surface area contributed by atoms with E-state index < -0.39 is 26.8 Å². The number of nitrogens with one attached hydrogen (secondary N) is 2. The Balaban J connectivity index is 1.89. The maximum Gasteiger partial charge on any atom is 0.258 e. The van der Waals surface area contributed by atoms with Crippen LogP contribution < -0.4 is 15.6 Å². The van der Waals surface area contributed by atoms with Gasteiger partial charge in [0.25, 0.3) is 11.5 Å². The fraction of sp³-hybridized carbons (Fsp3) is 0.448. The molecular formula is C29H37FN4O5S. The highest BCUT2D eigenvalue weighted by Crippen LogP contribution is 2.32. The molecule has 0 bridgehead atoms. The van der Waals surface area contributed by atoms with Crippen molar-refractivity contribution in [2.75, 3.05) is 33.8 Å². The second-order valence-electron chi connectivity index (χ2n) is 11.6. The van der Waals surface area contributed by atoms with Gasteiger partial charge in [-0.25, -0.2) is 17.5 Å². The summed E-state index contributed by atoms with van der Waals surface area (Å²) in [7, 11) is -0.413. The molecule has 216 valence electrons. The van der Waals surface area contributed by atoms with Crippen molar-refractivity contribution in [3.05, 3.63) is 63.8 Å². The van der Waals surface area contributed by atoms with Crippen molar-refractivity contribution in [3.63, 3.8) is 0 Å². The normalized spacial score (nSPS) is 14.2. The zero-order chi connectivity index (χ0) is 29.4. The predicted molar refractivity (Wildman–Crippen MR) is 153 cm³/mol. The van der Waals surface area contributed by atoms with E-state index in [1.807, 2.05) is 19.0 Å². The number of nitrogens with zero attached hydrogens (tertiary/aromatic N) is 2. The smallest absolute Gasteiger partial charge is 0.258 e. The minimum absolute atomic E-state index is 0.0998. The van der Waals surface area contributed by atoms with E-state index in [-0.39, 0.29) is 52.9 Å². The van der Waals surface area contributed by atoms with E-state index in [1.165, 1.54) is 22.9 Å². The number of aliphatic hydroxyl groups is 1. The van der Waals surface area contributed by atoms with Crippen LogP contribution in [0.5, 0.6) is 0 Å². The summed E-state index contributed by atoms with van der Waals surface area (Å²) >= 11 is 0. The number of likely N-dealkylation sites (N-methyl/N-ethyl adjacent to an activating group) is 1. The van der Waals surface area contributed by atoms with E-state index in [0.29, 0.717) is 23.2 Å². The molecule has 3 N–H and O–H groups in total. The van der Waals surface area contributed by atoms with Crippen molar-refractivity contribution < 1.29 is 22.7 Å². The Morgan fingerprint density at radius 1 is 1.18 bits per heavy atom. The third kappa shape index (κ3) is 6.60. The Hall–Kier alpha value is -3.12. The first-order valence-electron chi connectivity index (χ1n) is 13.3. The molecule has 1 aromatic heterocycles. The fourth-order valence-electron chi connectivity index (χ4n) is 4.46. The summed E-state index contributed by atoms with van der Waals surface area (Å²) < 4.78 is 46.0. The monoisotopic (exact) mass is 572 g/mol. The van der Waals surface area contributed by atoms with E-state index in [9.17, 15) is 27.5 Å². The van der Waals surface area contributed by atoms with Gasteiger partial charge in [0, 0.05) is 60.2 Å². The number of carbonyl (C=O) groups excluding carboxylic acids is 1. The minimum atomic E-state index is -4.07. The number of sulfonamides is 1. The lowest BCUT2D eigenvalue weighted by atomic mass is 9.94. The number of fused-ring (bicyclic) bond motifs is 1. The Bertz CT molecular complexity index is 1610. The van der Waals surface area contributed by atoms with Crippen molar-refractivity contribution in [2.24, 2.45) is 5.41 Å². The van der Waals surface area contributed by atoms with Gasteiger partial charge >= 0.3 is 0 Å². The number of carbonyl (C=O) groups is 1. The molecule has 0 saturated heterocycles. The molecule has 1 aliphatic rings. The first-order valence-corrected chi connectivity index (χ1v) is 14.7. The molecule has 0 atom stereocenters. The molecule has 1 aliphatic carbocycles. The van der Waals surface area contributed by atoms with Gasteiger partial charge < -0.3 is 19.9 Å². The lowest BCUT2D eigenvalue weighted by Gasteiger charge is -2.24. The average Bonchev–Trinajstić information content (AvgIpc) is 3.70. The van der Waals surface area contributed by atoms with Crippen LogP contribution in [0.1, 0.15) is 42.6 Å². The van der Waals surface area contributed by atoms with E-state index in [4.69, 9.17) is 0 Å². The van der Waals surface area contributed by atoms with Gasteiger partial charge in [0.15, 0.2) is 0 Å². The number of rotatable bonds is 11. The first kappa shape index (κ1) is 29.9. The molecule has 0 radical (unpaired) electrons. The lowest BCUT2D eigenvalue weighted by molar-refractivity contribution is 0.0950. The third-order valence-electron chi connectivity index (χ3n) is 7.05. The standard InChI is InChI=1S/C29H37FN4O5S/c1-18-23(13-20(14-25(18)30)27(36)32-21-7-8-21)19-6-9-22-24(12-19)26(40(38,39)31-10-11-33(4)5)15-34(28(22)37)16-29(2,3)17-35/h6,9,12-15,21,31,35H,7-8,10-11,16-17H2,1-5H3,(H,32,36). The molecular weight excluding hydrogens is 535 g/mol. The predicted octanol–water partition coefficient (Wildman–Crippen LogP) is 2.87. The van der Waals surface area contributed by atoms with Crippen LogP contribution in [-0.2, 0) is 16.6 Å². The molecule has 40 heavy (non-hydrogen) atoms. The highest BCUT2D eigenvalue weighted by atomic mass is 32.2. The molecule has 2 aromatic carbocycles. The van der Waals surface area contributed by atoms with Gasteiger partial charge in [-0.2, -0.15) is 0 Å². The number of aromatic nitrogens is 1. The summed E-state index contributed by atoms with van der Waals surface area (Å²) in [6.45, 7) is 5.67. The van der Waals surface area contributed by atoms with Crippen LogP contribution in [0, 0.1) is 18.2 Å². The van der Waals surface area contributed by atoms with Crippen LogP contribution in [-0.4, -0.2) is 68.7 Å². The van der Waals surface area contributed by atoms with Crippen LogP contribution >= 0.6 is 0 Å². The zero-order valence-corrected chi connectivity index (χ0v) is 24.4. The summed E-state index contributed by atoms with van der Waals surface area (Å²) in [4.78, 5) is 27.9. The molecule has 11 heteroatoms.